The van der Waals surface area contributed by atoms with E-state index in [2.05, 4.69) is 5.32 Å². The molecule has 1 saturated heterocycles. The number of rotatable bonds is 4. The van der Waals surface area contributed by atoms with Gasteiger partial charge in [-0.1, -0.05) is 46.9 Å². The summed E-state index contributed by atoms with van der Waals surface area (Å²) in [5.74, 6) is -0.260. The Morgan fingerprint density at radius 3 is 2.38 bits per heavy atom. The SMILES string of the molecule is O=C(CN1CCN(C(=O)c2cc(Cl)sc2Cl)CC1)Nc1ccccc1Cl. The zero-order chi connectivity index (χ0) is 18.7. The molecule has 1 aromatic heterocycles. The van der Waals surface area contributed by atoms with E-state index in [1.165, 1.54) is 11.3 Å². The number of piperazine rings is 1. The first-order chi connectivity index (χ1) is 12.4. The molecule has 0 bridgehead atoms. The van der Waals surface area contributed by atoms with Crippen LogP contribution in [-0.2, 0) is 4.79 Å². The van der Waals surface area contributed by atoms with Gasteiger partial charge in [-0.2, -0.15) is 0 Å². The van der Waals surface area contributed by atoms with Crippen molar-refractivity contribution in [3.8, 4) is 0 Å². The number of carbonyl (C=O) groups is 2. The van der Waals surface area contributed by atoms with Crippen LogP contribution in [0.4, 0.5) is 5.69 Å². The van der Waals surface area contributed by atoms with Crippen molar-refractivity contribution in [2.24, 2.45) is 0 Å². The number of halogens is 3. The fourth-order valence-corrected chi connectivity index (χ4v) is 4.35. The zero-order valence-corrected chi connectivity index (χ0v) is 16.8. The summed E-state index contributed by atoms with van der Waals surface area (Å²) in [6, 6.07) is 8.70. The van der Waals surface area contributed by atoms with Crippen LogP contribution >= 0.6 is 46.1 Å². The van der Waals surface area contributed by atoms with Crippen molar-refractivity contribution in [1.29, 1.82) is 0 Å². The predicted molar refractivity (Wildman–Crippen MR) is 107 cm³/mol. The molecule has 1 aromatic carbocycles. The molecule has 138 valence electrons. The molecular formula is C17H16Cl3N3O2S. The average molecular weight is 433 g/mol. The van der Waals surface area contributed by atoms with Crippen molar-refractivity contribution in [1.82, 2.24) is 9.80 Å². The Morgan fingerprint density at radius 2 is 1.77 bits per heavy atom. The summed E-state index contributed by atoms with van der Waals surface area (Å²) in [4.78, 5) is 28.4. The normalized spacial score (nSPS) is 15.1. The summed E-state index contributed by atoms with van der Waals surface area (Å²) in [6.45, 7) is 2.52. The number of para-hydroxylation sites is 1. The molecule has 0 spiro atoms. The summed E-state index contributed by atoms with van der Waals surface area (Å²) in [5, 5.41) is 3.31. The lowest BCUT2D eigenvalue weighted by Gasteiger charge is -2.34. The lowest BCUT2D eigenvalue weighted by Crippen LogP contribution is -2.50. The third-order valence-corrected chi connectivity index (χ3v) is 5.88. The molecule has 2 amide bonds. The second-order valence-electron chi connectivity index (χ2n) is 5.83. The summed E-state index contributed by atoms with van der Waals surface area (Å²) >= 11 is 19.2. The lowest BCUT2D eigenvalue weighted by molar-refractivity contribution is -0.117. The van der Waals surface area contributed by atoms with E-state index in [1.807, 2.05) is 11.0 Å². The van der Waals surface area contributed by atoms with E-state index in [1.54, 1.807) is 29.2 Å². The Balaban J connectivity index is 1.51. The number of hydrogen-bond acceptors (Lipinski definition) is 4. The molecule has 26 heavy (non-hydrogen) atoms. The van der Waals surface area contributed by atoms with Crippen molar-refractivity contribution >= 4 is 63.6 Å². The van der Waals surface area contributed by atoms with Crippen molar-refractivity contribution < 1.29 is 9.59 Å². The lowest BCUT2D eigenvalue weighted by atomic mass is 10.2. The fraction of sp³-hybridized carbons (Fsp3) is 0.294. The van der Waals surface area contributed by atoms with Gasteiger partial charge in [0.15, 0.2) is 0 Å². The molecule has 3 rings (SSSR count). The second-order valence-corrected chi connectivity index (χ2v) is 8.53. The highest BCUT2D eigenvalue weighted by Gasteiger charge is 2.25. The van der Waals surface area contributed by atoms with Crippen molar-refractivity contribution in [3.05, 3.63) is 49.6 Å². The molecule has 0 aliphatic carbocycles. The summed E-state index contributed by atoms with van der Waals surface area (Å²) in [7, 11) is 0. The Hall–Kier alpha value is -1.31. The van der Waals surface area contributed by atoms with Gasteiger partial charge in [-0.15, -0.1) is 11.3 Å². The van der Waals surface area contributed by atoms with Crippen LogP contribution < -0.4 is 5.32 Å². The first kappa shape index (κ1) is 19.5. The number of thiophene rings is 1. The Bertz CT molecular complexity index is 819. The molecule has 0 unspecified atom stereocenters. The zero-order valence-electron chi connectivity index (χ0n) is 13.7. The van der Waals surface area contributed by atoms with Crippen molar-refractivity contribution in [3.63, 3.8) is 0 Å². The van der Waals surface area contributed by atoms with Crippen LogP contribution in [0.15, 0.2) is 30.3 Å². The number of nitrogens with zero attached hydrogens (tertiary/aromatic N) is 2. The van der Waals surface area contributed by atoms with Crippen LogP contribution in [0.2, 0.25) is 13.7 Å². The third kappa shape index (κ3) is 4.69. The maximum absolute atomic E-state index is 12.5. The molecule has 0 atom stereocenters. The quantitative estimate of drug-likeness (QED) is 0.791. The molecule has 0 saturated carbocycles. The fourth-order valence-electron chi connectivity index (χ4n) is 2.72. The summed E-state index contributed by atoms with van der Waals surface area (Å²) < 4.78 is 0.898. The Kier molecular flexibility index (Phi) is 6.42. The van der Waals surface area contributed by atoms with Gasteiger partial charge in [-0.3, -0.25) is 14.5 Å². The number of anilines is 1. The van der Waals surface area contributed by atoms with E-state index in [4.69, 9.17) is 34.8 Å². The van der Waals surface area contributed by atoms with E-state index in [0.717, 1.165) is 0 Å². The molecule has 1 N–H and O–H groups in total. The standard InChI is InChI=1S/C17H16Cl3N3O2S/c18-12-3-1-2-4-13(12)21-15(24)10-22-5-7-23(8-6-22)17(25)11-9-14(19)26-16(11)20/h1-4,9H,5-8,10H2,(H,21,24). The van der Waals surface area contributed by atoms with Gasteiger partial charge in [0.2, 0.25) is 5.91 Å². The van der Waals surface area contributed by atoms with E-state index in [9.17, 15) is 9.59 Å². The average Bonchev–Trinajstić information content (AvgIpc) is 2.95. The largest absolute Gasteiger partial charge is 0.336 e. The molecule has 9 heteroatoms. The van der Waals surface area contributed by atoms with Crippen LogP contribution in [0.5, 0.6) is 0 Å². The maximum atomic E-state index is 12.5. The monoisotopic (exact) mass is 431 g/mol. The first-order valence-corrected chi connectivity index (χ1v) is 9.90. The van der Waals surface area contributed by atoms with Crippen LogP contribution in [0.3, 0.4) is 0 Å². The van der Waals surface area contributed by atoms with Gasteiger partial charge in [0.1, 0.15) is 4.34 Å². The van der Waals surface area contributed by atoms with Crippen LogP contribution in [-0.4, -0.2) is 54.3 Å². The third-order valence-electron chi connectivity index (χ3n) is 4.06. The summed E-state index contributed by atoms with van der Waals surface area (Å²) in [5.41, 5.74) is 1.03. The highest BCUT2D eigenvalue weighted by molar-refractivity contribution is 7.20. The second kappa shape index (κ2) is 8.59. The molecule has 1 fully saturated rings. The van der Waals surface area contributed by atoms with E-state index < -0.39 is 0 Å². The first-order valence-electron chi connectivity index (χ1n) is 7.95. The van der Waals surface area contributed by atoms with Gasteiger partial charge >= 0.3 is 0 Å². The van der Waals surface area contributed by atoms with Gasteiger partial charge in [-0.25, -0.2) is 0 Å². The molecule has 2 aromatic rings. The van der Waals surface area contributed by atoms with Crippen LogP contribution in [0.1, 0.15) is 10.4 Å². The molecule has 0 radical (unpaired) electrons. The number of amides is 2. The Labute approximate surface area is 170 Å². The molecule has 1 aliphatic rings. The van der Waals surface area contributed by atoms with Gasteiger partial charge in [0.25, 0.3) is 5.91 Å². The van der Waals surface area contributed by atoms with E-state index in [0.29, 0.717) is 51.1 Å². The topological polar surface area (TPSA) is 52.7 Å². The molecule has 2 heterocycles. The molecule has 5 nitrogen and oxygen atoms in total. The number of nitrogens with one attached hydrogen (secondary N) is 1. The Morgan fingerprint density at radius 1 is 1.08 bits per heavy atom. The van der Waals surface area contributed by atoms with Gasteiger partial charge in [0.05, 0.1) is 27.2 Å². The smallest absolute Gasteiger partial charge is 0.256 e. The van der Waals surface area contributed by atoms with Gasteiger partial charge in [-0.05, 0) is 18.2 Å². The van der Waals surface area contributed by atoms with Gasteiger partial charge in [0, 0.05) is 26.2 Å². The highest BCUT2D eigenvalue weighted by Crippen LogP contribution is 2.32. The highest BCUT2D eigenvalue weighted by atomic mass is 35.5. The maximum Gasteiger partial charge on any atom is 0.256 e. The molecule has 1 aliphatic heterocycles. The minimum atomic E-state index is -0.134. The van der Waals surface area contributed by atoms with Crippen molar-refractivity contribution in [2.45, 2.75) is 0 Å². The number of hydrogen-bond donors (Lipinski definition) is 1. The van der Waals surface area contributed by atoms with Crippen LogP contribution in [0, 0.1) is 0 Å². The predicted octanol–water partition coefficient (Wildman–Crippen LogP) is 4.10. The number of carbonyl (C=O) groups excluding carboxylic acids is 2. The van der Waals surface area contributed by atoms with E-state index in [-0.39, 0.29) is 18.4 Å². The van der Waals surface area contributed by atoms with Crippen LogP contribution in [0.25, 0.3) is 0 Å². The number of benzene rings is 1. The van der Waals surface area contributed by atoms with E-state index >= 15 is 0 Å². The minimum Gasteiger partial charge on any atom is -0.336 e. The van der Waals surface area contributed by atoms with Gasteiger partial charge < -0.3 is 10.2 Å². The molecular weight excluding hydrogens is 417 g/mol. The summed E-state index contributed by atoms with van der Waals surface area (Å²) in [6.07, 6.45) is 0. The van der Waals surface area contributed by atoms with Crippen molar-refractivity contribution in [2.75, 3.05) is 38.0 Å². The minimum absolute atomic E-state index is 0.127.